The number of hydrogen-bond acceptors (Lipinski definition) is 2. The van der Waals surface area contributed by atoms with Gasteiger partial charge in [-0.2, -0.15) is 0 Å². The highest BCUT2D eigenvalue weighted by molar-refractivity contribution is 5.53. The minimum atomic E-state index is 0.780. The van der Waals surface area contributed by atoms with Crippen LogP contribution in [-0.2, 0) is 6.42 Å². The normalized spacial score (nSPS) is 26.7. The third-order valence-electron chi connectivity index (χ3n) is 5.26. The van der Waals surface area contributed by atoms with Crippen LogP contribution >= 0.6 is 0 Å². The molecule has 0 aliphatic carbocycles. The van der Waals surface area contributed by atoms with E-state index in [4.69, 9.17) is 0 Å². The van der Waals surface area contributed by atoms with Gasteiger partial charge in [-0.3, -0.25) is 0 Å². The van der Waals surface area contributed by atoms with E-state index in [9.17, 15) is 0 Å². The van der Waals surface area contributed by atoms with E-state index in [1.54, 1.807) is 0 Å². The van der Waals surface area contributed by atoms with E-state index in [2.05, 4.69) is 41.4 Å². The Balaban J connectivity index is 1.51. The van der Waals surface area contributed by atoms with Gasteiger partial charge in [0, 0.05) is 18.8 Å². The number of anilines is 1. The zero-order chi connectivity index (χ0) is 14.5. The van der Waals surface area contributed by atoms with E-state index in [-0.39, 0.29) is 0 Å². The van der Waals surface area contributed by atoms with Gasteiger partial charge in [0.15, 0.2) is 0 Å². The quantitative estimate of drug-likeness (QED) is 0.893. The van der Waals surface area contributed by atoms with Gasteiger partial charge in [-0.05, 0) is 62.2 Å². The molecule has 1 aromatic rings. The molecular formula is C19H30N2. The molecule has 0 radical (unpaired) electrons. The Kier molecular flexibility index (Phi) is 5.18. The molecule has 2 heterocycles. The van der Waals surface area contributed by atoms with Crippen LogP contribution in [0.4, 0.5) is 5.69 Å². The minimum absolute atomic E-state index is 0.780. The summed E-state index contributed by atoms with van der Waals surface area (Å²) in [6, 6.07) is 8.81. The summed E-state index contributed by atoms with van der Waals surface area (Å²) >= 11 is 0. The average molecular weight is 286 g/mol. The van der Waals surface area contributed by atoms with Gasteiger partial charge < -0.3 is 10.2 Å². The van der Waals surface area contributed by atoms with Crippen LogP contribution in [0, 0.1) is 11.8 Å². The lowest BCUT2D eigenvalue weighted by molar-refractivity contribution is 0.237. The van der Waals surface area contributed by atoms with Gasteiger partial charge in [0.1, 0.15) is 0 Å². The summed E-state index contributed by atoms with van der Waals surface area (Å²) in [5.41, 5.74) is 2.86. The minimum Gasteiger partial charge on any atom is -0.384 e. The molecule has 1 saturated heterocycles. The molecule has 2 unspecified atom stereocenters. The van der Waals surface area contributed by atoms with Gasteiger partial charge in [-0.1, -0.05) is 38.0 Å². The lowest BCUT2D eigenvalue weighted by Gasteiger charge is -2.31. The monoisotopic (exact) mass is 286 g/mol. The van der Waals surface area contributed by atoms with Crippen LogP contribution in [0.15, 0.2) is 24.3 Å². The zero-order valence-corrected chi connectivity index (χ0v) is 13.5. The number of para-hydroxylation sites is 1. The maximum atomic E-state index is 3.62. The smallest absolute Gasteiger partial charge is 0.0372 e. The molecule has 21 heavy (non-hydrogen) atoms. The molecule has 1 fully saturated rings. The lowest BCUT2D eigenvalue weighted by atomic mass is 9.93. The average Bonchev–Trinajstić information content (AvgIpc) is 2.73. The van der Waals surface area contributed by atoms with Gasteiger partial charge >= 0.3 is 0 Å². The van der Waals surface area contributed by atoms with Crippen molar-refractivity contribution in [2.24, 2.45) is 11.8 Å². The molecule has 3 rings (SSSR count). The molecule has 2 heteroatoms. The van der Waals surface area contributed by atoms with Crippen molar-refractivity contribution in [1.82, 2.24) is 4.90 Å². The Morgan fingerprint density at radius 3 is 2.95 bits per heavy atom. The van der Waals surface area contributed by atoms with Crippen molar-refractivity contribution >= 4 is 5.69 Å². The van der Waals surface area contributed by atoms with Crippen LogP contribution < -0.4 is 5.32 Å². The molecule has 2 nitrogen and oxygen atoms in total. The Hall–Kier alpha value is -1.02. The Bertz CT molecular complexity index is 443. The van der Waals surface area contributed by atoms with Crippen LogP contribution in [0.2, 0.25) is 0 Å². The number of fused-ring (bicyclic) bond motifs is 1. The highest BCUT2D eigenvalue weighted by atomic mass is 15.1. The van der Waals surface area contributed by atoms with E-state index < -0.39 is 0 Å². The summed E-state index contributed by atoms with van der Waals surface area (Å²) in [6.07, 6.45) is 8.32. The number of likely N-dealkylation sites (tertiary alicyclic amines) is 1. The summed E-state index contributed by atoms with van der Waals surface area (Å²) in [5.74, 6) is 1.77. The first kappa shape index (κ1) is 14.9. The molecule has 0 saturated carbocycles. The fourth-order valence-corrected chi connectivity index (χ4v) is 4.11. The second-order valence-electron chi connectivity index (χ2n) is 6.99. The largest absolute Gasteiger partial charge is 0.384 e. The second-order valence-corrected chi connectivity index (χ2v) is 6.99. The first-order valence-electron chi connectivity index (χ1n) is 8.89. The fourth-order valence-electron chi connectivity index (χ4n) is 4.11. The van der Waals surface area contributed by atoms with Crippen molar-refractivity contribution in [2.75, 3.05) is 31.5 Å². The van der Waals surface area contributed by atoms with Crippen molar-refractivity contribution in [3.05, 3.63) is 29.8 Å². The summed E-state index contributed by atoms with van der Waals surface area (Å²) < 4.78 is 0. The first-order valence-corrected chi connectivity index (χ1v) is 8.89. The van der Waals surface area contributed by atoms with E-state index >= 15 is 0 Å². The molecule has 1 aromatic carbocycles. The second kappa shape index (κ2) is 7.31. The number of nitrogens with zero attached hydrogens (tertiary/aromatic N) is 1. The molecule has 0 bridgehead atoms. The zero-order valence-electron chi connectivity index (χ0n) is 13.5. The predicted molar refractivity (Wildman–Crippen MR) is 90.8 cm³/mol. The molecule has 2 atom stereocenters. The van der Waals surface area contributed by atoms with Crippen LogP contribution in [0.3, 0.4) is 0 Å². The number of benzene rings is 1. The molecule has 0 amide bonds. The van der Waals surface area contributed by atoms with Crippen molar-refractivity contribution < 1.29 is 0 Å². The maximum Gasteiger partial charge on any atom is 0.0372 e. The number of rotatable bonds is 4. The number of hydrogen-bond donors (Lipinski definition) is 1. The topological polar surface area (TPSA) is 15.3 Å². The van der Waals surface area contributed by atoms with Gasteiger partial charge in [0.25, 0.3) is 0 Å². The molecule has 0 spiro atoms. The first-order chi connectivity index (χ1) is 10.3. The Morgan fingerprint density at radius 2 is 2.05 bits per heavy atom. The van der Waals surface area contributed by atoms with E-state index in [1.807, 2.05) is 0 Å². The lowest BCUT2D eigenvalue weighted by Crippen LogP contribution is -2.36. The molecule has 116 valence electrons. The Morgan fingerprint density at radius 1 is 1.14 bits per heavy atom. The molecule has 0 aromatic heterocycles. The van der Waals surface area contributed by atoms with E-state index in [0.717, 1.165) is 18.4 Å². The van der Waals surface area contributed by atoms with Crippen molar-refractivity contribution in [2.45, 2.75) is 45.4 Å². The van der Waals surface area contributed by atoms with Gasteiger partial charge in [-0.25, -0.2) is 0 Å². The van der Waals surface area contributed by atoms with Crippen LogP contribution in [0.25, 0.3) is 0 Å². The summed E-state index contributed by atoms with van der Waals surface area (Å²) in [6.45, 7) is 7.39. The highest BCUT2D eigenvalue weighted by Gasteiger charge is 2.22. The SMILES string of the molecule is CCCC1CCCN(CC2CNc3ccccc3C2)CC1. The molecule has 1 N–H and O–H groups in total. The summed E-state index contributed by atoms with van der Waals surface area (Å²) in [5, 5.41) is 3.62. The Labute approximate surface area is 129 Å². The highest BCUT2D eigenvalue weighted by Crippen LogP contribution is 2.26. The van der Waals surface area contributed by atoms with Gasteiger partial charge in [0.2, 0.25) is 0 Å². The van der Waals surface area contributed by atoms with E-state index in [1.165, 1.54) is 69.4 Å². The van der Waals surface area contributed by atoms with Crippen LogP contribution in [-0.4, -0.2) is 31.1 Å². The standard InChI is InChI=1S/C19H30N2/c1-2-6-16-7-5-11-21(12-10-16)15-17-13-18-8-3-4-9-19(18)20-14-17/h3-4,8-9,16-17,20H,2,5-7,10-15H2,1H3. The molecule has 2 aliphatic heterocycles. The maximum absolute atomic E-state index is 3.62. The third-order valence-corrected chi connectivity index (χ3v) is 5.26. The van der Waals surface area contributed by atoms with Crippen LogP contribution in [0.1, 0.15) is 44.6 Å². The van der Waals surface area contributed by atoms with Crippen molar-refractivity contribution in [1.29, 1.82) is 0 Å². The fraction of sp³-hybridized carbons (Fsp3) is 0.684. The number of nitrogens with one attached hydrogen (secondary N) is 1. The van der Waals surface area contributed by atoms with E-state index in [0.29, 0.717) is 0 Å². The predicted octanol–water partition coefficient (Wildman–Crippen LogP) is 4.17. The summed E-state index contributed by atoms with van der Waals surface area (Å²) in [4.78, 5) is 2.73. The van der Waals surface area contributed by atoms with Crippen molar-refractivity contribution in [3.63, 3.8) is 0 Å². The summed E-state index contributed by atoms with van der Waals surface area (Å²) in [7, 11) is 0. The van der Waals surface area contributed by atoms with Gasteiger partial charge in [-0.15, -0.1) is 0 Å². The molecular weight excluding hydrogens is 256 g/mol. The van der Waals surface area contributed by atoms with Gasteiger partial charge in [0.05, 0.1) is 0 Å². The van der Waals surface area contributed by atoms with Crippen molar-refractivity contribution in [3.8, 4) is 0 Å². The van der Waals surface area contributed by atoms with Crippen LogP contribution in [0.5, 0.6) is 0 Å². The third kappa shape index (κ3) is 4.00. The molecule has 2 aliphatic rings.